The first-order chi connectivity index (χ1) is 11.0. The van der Waals surface area contributed by atoms with E-state index in [2.05, 4.69) is 20.0 Å². The highest BCUT2D eigenvalue weighted by Crippen LogP contribution is 2.31. The summed E-state index contributed by atoms with van der Waals surface area (Å²) in [6.45, 7) is 3.15. The monoisotopic (exact) mass is 334 g/mol. The standard InChI is InChI=1S/C14H14N4O4S/c1-3-7(19)13(21)16-11-10-9(5-6-15-11)23-18-12(10)17-14(22)8(20)4-2/h5-6H,3-4H2,1-2H3,(H,15,16,21)(H,17,18,22). The van der Waals surface area contributed by atoms with Crippen molar-refractivity contribution in [3.8, 4) is 0 Å². The molecule has 2 rings (SSSR count). The van der Waals surface area contributed by atoms with Crippen LogP contribution in [-0.4, -0.2) is 32.7 Å². The van der Waals surface area contributed by atoms with E-state index in [9.17, 15) is 19.2 Å². The van der Waals surface area contributed by atoms with Crippen LogP contribution >= 0.6 is 11.5 Å². The summed E-state index contributed by atoms with van der Waals surface area (Å²) < 4.78 is 4.72. The Bertz CT molecular complexity index is 799. The average Bonchev–Trinajstić information content (AvgIpc) is 2.97. The number of hydrogen-bond acceptors (Lipinski definition) is 7. The first kappa shape index (κ1) is 16.7. The molecule has 2 heterocycles. The third-order valence-electron chi connectivity index (χ3n) is 3.00. The zero-order chi connectivity index (χ0) is 17.0. The molecule has 0 saturated heterocycles. The SMILES string of the molecule is CCC(=O)C(=O)Nc1nccc2snc(NC(=O)C(=O)CC)c12. The third kappa shape index (κ3) is 3.57. The number of aromatic nitrogens is 2. The van der Waals surface area contributed by atoms with Gasteiger partial charge < -0.3 is 10.6 Å². The highest BCUT2D eigenvalue weighted by Gasteiger charge is 2.20. The Morgan fingerprint density at radius 3 is 2.13 bits per heavy atom. The van der Waals surface area contributed by atoms with Crippen LogP contribution in [0.3, 0.4) is 0 Å². The van der Waals surface area contributed by atoms with E-state index in [1.54, 1.807) is 19.9 Å². The molecule has 2 aromatic rings. The van der Waals surface area contributed by atoms with Crippen molar-refractivity contribution >= 4 is 56.6 Å². The van der Waals surface area contributed by atoms with E-state index in [4.69, 9.17) is 0 Å². The van der Waals surface area contributed by atoms with Gasteiger partial charge >= 0.3 is 0 Å². The molecule has 0 fully saturated rings. The molecule has 2 amide bonds. The molecule has 0 atom stereocenters. The molecule has 0 aromatic carbocycles. The number of fused-ring (bicyclic) bond motifs is 1. The van der Waals surface area contributed by atoms with Crippen LogP contribution in [-0.2, 0) is 19.2 Å². The normalized spacial score (nSPS) is 10.3. The molecule has 0 aliphatic rings. The number of pyridine rings is 1. The Labute approximate surface area is 135 Å². The Hall–Kier alpha value is -2.68. The lowest BCUT2D eigenvalue weighted by Crippen LogP contribution is -2.23. The molecule has 0 saturated carbocycles. The maximum Gasteiger partial charge on any atom is 0.292 e. The van der Waals surface area contributed by atoms with Crippen LogP contribution in [0.15, 0.2) is 12.3 Å². The number of ketones is 2. The third-order valence-corrected chi connectivity index (χ3v) is 3.81. The van der Waals surface area contributed by atoms with Crippen LogP contribution in [0, 0.1) is 0 Å². The van der Waals surface area contributed by atoms with Crippen LogP contribution in [0.2, 0.25) is 0 Å². The summed E-state index contributed by atoms with van der Waals surface area (Å²) >= 11 is 1.08. The summed E-state index contributed by atoms with van der Waals surface area (Å²) in [6, 6.07) is 1.65. The molecule has 23 heavy (non-hydrogen) atoms. The second-order valence-electron chi connectivity index (χ2n) is 4.53. The minimum absolute atomic E-state index is 0.0677. The summed E-state index contributed by atoms with van der Waals surface area (Å²) in [7, 11) is 0. The average molecular weight is 334 g/mol. The van der Waals surface area contributed by atoms with Gasteiger partial charge in [-0.25, -0.2) is 4.98 Å². The van der Waals surface area contributed by atoms with Gasteiger partial charge in [0.25, 0.3) is 11.8 Å². The lowest BCUT2D eigenvalue weighted by atomic mass is 10.2. The van der Waals surface area contributed by atoms with E-state index in [1.165, 1.54) is 6.20 Å². The van der Waals surface area contributed by atoms with Crippen LogP contribution in [0.5, 0.6) is 0 Å². The molecule has 0 spiro atoms. The second-order valence-corrected chi connectivity index (χ2v) is 5.33. The molecule has 120 valence electrons. The topological polar surface area (TPSA) is 118 Å². The largest absolute Gasteiger partial charge is 0.303 e. The molecule has 0 radical (unpaired) electrons. The van der Waals surface area contributed by atoms with Crippen molar-refractivity contribution < 1.29 is 19.2 Å². The van der Waals surface area contributed by atoms with E-state index in [-0.39, 0.29) is 24.5 Å². The quantitative estimate of drug-likeness (QED) is 0.773. The zero-order valence-corrected chi connectivity index (χ0v) is 13.3. The van der Waals surface area contributed by atoms with Gasteiger partial charge in [-0.15, -0.1) is 0 Å². The van der Waals surface area contributed by atoms with Crippen molar-refractivity contribution in [2.24, 2.45) is 0 Å². The molecule has 0 unspecified atom stereocenters. The van der Waals surface area contributed by atoms with Crippen LogP contribution in [0.4, 0.5) is 11.6 Å². The lowest BCUT2D eigenvalue weighted by Gasteiger charge is -2.06. The van der Waals surface area contributed by atoms with Gasteiger partial charge in [0.15, 0.2) is 5.82 Å². The zero-order valence-electron chi connectivity index (χ0n) is 12.5. The molecular weight excluding hydrogens is 320 g/mol. The number of amides is 2. The number of carbonyl (C=O) groups is 4. The fraction of sp³-hybridized carbons (Fsp3) is 0.286. The number of rotatable bonds is 6. The Balaban J connectivity index is 2.37. The Morgan fingerprint density at radius 2 is 1.57 bits per heavy atom. The van der Waals surface area contributed by atoms with E-state index in [1.807, 2.05) is 0 Å². The van der Waals surface area contributed by atoms with Gasteiger partial charge in [0.2, 0.25) is 11.6 Å². The summed E-state index contributed by atoms with van der Waals surface area (Å²) in [5.74, 6) is -2.50. The van der Waals surface area contributed by atoms with Crippen molar-refractivity contribution in [3.05, 3.63) is 12.3 Å². The molecule has 0 aliphatic carbocycles. The molecule has 0 aliphatic heterocycles. The van der Waals surface area contributed by atoms with E-state index < -0.39 is 23.4 Å². The summed E-state index contributed by atoms with van der Waals surface area (Å²) in [5.41, 5.74) is 0. The fourth-order valence-corrected chi connectivity index (χ4v) is 2.48. The summed E-state index contributed by atoms with van der Waals surface area (Å²) in [5, 5.41) is 5.20. The maximum atomic E-state index is 11.7. The minimum Gasteiger partial charge on any atom is -0.303 e. The first-order valence-corrected chi connectivity index (χ1v) is 7.68. The van der Waals surface area contributed by atoms with Crippen molar-refractivity contribution in [1.29, 1.82) is 0 Å². The van der Waals surface area contributed by atoms with Crippen LogP contribution in [0.25, 0.3) is 10.1 Å². The highest BCUT2D eigenvalue weighted by atomic mass is 32.1. The van der Waals surface area contributed by atoms with Gasteiger partial charge in [-0.2, -0.15) is 4.37 Å². The molecule has 9 heteroatoms. The van der Waals surface area contributed by atoms with E-state index in [0.29, 0.717) is 10.1 Å². The number of Topliss-reactive ketones (excluding diaryl/α,β-unsaturated/α-hetero) is 2. The van der Waals surface area contributed by atoms with Crippen molar-refractivity contribution in [2.45, 2.75) is 26.7 Å². The molecule has 0 bridgehead atoms. The van der Waals surface area contributed by atoms with Gasteiger partial charge in [-0.05, 0) is 17.6 Å². The fourth-order valence-electron chi connectivity index (χ4n) is 1.75. The van der Waals surface area contributed by atoms with Crippen LogP contribution < -0.4 is 10.6 Å². The Morgan fingerprint density at radius 1 is 1.00 bits per heavy atom. The number of anilines is 2. The predicted molar refractivity (Wildman–Crippen MR) is 85.3 cm³/mol. The smallest absolute Gasteiger partial charge is 0.292 e. The molecular formula is C14H14N4O4S. The van der Waals surface area contributed by atoms with Crippen molar-refractivity contribution in [2.75, 3.05) is 10.6 Å². The van der Waals surface area contributed by atoms with Crippen molar-refractivity contribution in [1.82, 2.24) is 9.36 Å². The van der Waals surface area contributed by atoms with Crippen LogP contribution in [0.1, 0.15) is 26.7 Å². The Kier molecular flexibility index (Phi) is 5.12. The molecule has 2 aromatic heterocycles. The van der Waals surface area contributed by atoms with Gasteiger partial charge in [-0.1, -0.05) is 13.8 Å². The van der Waals surface area contributed by atoms with Gasteiger partial charge in [0.1, 0.15) is 5.82 Å². The highest BCUT2D eigenvalue weighted by molar-refractivity contribution is 7.13. The maximum absolute atomic E-state index is 11.7. The van der Waals surface area contributed by atoms with Gasteiger partial charge in [0.05, 0.1) is 10.1 Å². The number of carbonyl (C=O) groups excluding carboxylic acids is 4. The van der Waals surface area contributed by atoms with Crippen molar-refractivity contribution in [3.63, 3.8) is 0 Å². The number of nitrogens with one attached hydrogen (secondary N) is 2. The van der Waals surface area contributed by atoms with E-state index in [0.717, 1.165) is 11.5 Å². The molecule has 2 N–H and O–H groups in total. The molecule has 8 nitrogen and oxygen atoms in total. The number of hydrogen-bond donors (Lipinski definition) is 2. The lowest BCUT2D eigenvalue weighted by molar-refractivity contribution is -0.134. The second kappa shape index (κ2) is 7.05. The predicted octanol–water partition coefficient (Wildman–Crippen LogP) is 1.53. The summed E-state index contributed by atoms with van der Waals surface area (Å²) in [4.78, 5) is 50.3. The van der Waals surface area contributed by atoms with Gasteiger partial charge in [0, 0.05) is 19.0 Å². The van der Waals surface area contributed by atoms with Gasteiger partial charge in [-0.3, -0.25) is 19.2 Å². The summed E-state index contributed by atoms with van der Waals surface area (Å²) in [6.07, 6.45) is 1.59. The minimum atomic E-state index is -0.791. The van der Waals surface area contributed by atoms with E-state index >= 15 is 0 Å². The number of nitrogens with zero attached hydrogens (tertiary/aromatic N) is 2. The first-order valence-electron chi connectivity index (χ1n) is 6.90.